The summed E-state index contributed by atoms with van der Waals surface area (Å²) >= 11 is 1.21. The molecule has 0 aliphatic carbocycles. The number of aromatic nitrogens is 2. The van der Waals surface area contributed by atoms with Crippen molar-refractivity contribution in [3.05, 3.63) is 92.9 Å². The van der Waals surface area contributed by atoms with E-state index in [1.54, 1.807) is 42.2 Å². The number of fused-ring (bicyclic) bond motifs is 1. The van der Waals surface area contributed by atoms with Crippen LogP contribution in [-0.2, 0) is 6.54 Å². The zero-order valence-corrected chi connectivity index (χ0v) is 19.3. The molecule has 1 amide bonds. The molecule has 4 aromatic rings. The van der Waals surface area contributed by atoms with E-state index in [-0.39, 0.29) is 29.6 Å². The van der Waals surface area contributed by atoms with Gasteiger partial charge in [0.25, 0.3) is 11.5 Å². The van der Waals surface area contributed by atoms with Gasteiger partial charge in [-0.05, 0) is 42.8 Å². The third kappa shape index (κ3) is 4.07. The Morgan fingerprint density at radius 2 is 1.74 bits per heavy atom. The Kier molecular flexibility index (Phi) is 5.87. The highest BCUT2D eigenvalue weighted by Crippen LogP contribution is 2.29. The summed E-state index contributed by atoms with van der Waals surface area (Å²) in [6.07, 6.45) is 1.41. The van der Waals surface area contributed by atoms with Gasteiger partial charge in [-0.3, -0.25) is 14.2 Å². The van der Waals surface area contributed by atoms with E-state index in [0.29, 0.717) is 52.4 Å². The van der Waals surface area contributed by atoms with E-state index in [9.17, 15) is 18.4 Å². The minimum atomic E-state index is -0.382. The van der Waals surface area contributed by atoms with E-state index in [4.69, 9.17) is 0 Å². The van der Waals surface area contributed by atoms with E-state index in [2.05, 4.69) is 9.88 Å². The smallest absolute Gasteiger partial charge is 0.264 e. The number of piperazine rings is 1. The molecule has 1 aliphatic rings. The average Bonchev–Trinajstić information content (AvgIpc) is 3.19. The predicted octanol–water partition coefficient (Wildman–Crippen LogP) is 4.06. The van der Waals surface area contributed by atoms with Gasteiger partial charge in [0.1, 0.15) is 16.5 Å². The summed E-state index contributed by atoms with van der Waals surface area (Å²) in [5.41, 5.74) is 1.63. The monoisotopic (exact) mass is 480 g/mol. The summed E-state index contributed by atoms with van der Waals surface area (Å²) in [4.78, 5) is 35.7. The highest BCUT2D eigenvalue weighted by Gasteiger charge is 2.27. The van der Waals surface area contributed by atoms with Crippen molar-refractivity contribution >= 4 is 33.1 Å². The van der Waals surface area contributed by atoms with Crippen LogP contribution >= 0.6 is 11.3 Å². The Hall–Kier alpha value is -3.59. The summed E-state index contributed by atoms with van der Waals surface area (Å²) in [5, 5.41) is 0.400. The molecule has 2 aromatic carbocycles. The number of hydrogen-bond acceptors (Lipinski definition) is 5. The number of anilines is 1. The fourth-order valence-electron chi connectivity index (χ4n) is 4.25. The number of aryl methyl sites for hydroxylation is 1. The molecule has 0 atom stereocenters. The number of benzene rings is 2. The summed E-state index contributed by atoms with van der Waals surface area (Å²) in [6, 6.07) is 12.6. The maximum absolute atomic E-state index is 14.1. The number of nitrogens with zero attached hydrogens (tertiary/aromatic N) is 4. The topological polar surface area (TPSA) is 58.4 Å². The molecule has 5 rings (SSSR count). The molecule has 9 heteroatoms. The quantitative estimate of drug-likeness (QED) is 0.442. The van der Waals surface area contributed by atoms with Gasteiger partial charge in [0.2, 0.25) is 0 Å². The first-order chi connectivity index (χ1) is 16.4. The molecule has 1 aliphatic heterocycles. The van der Waals surface area contributed by atoms with Gasteiger partial charge in [0.15, 0.2) is 0 Å². The van der Waals surface area contributed by atoms with Crippen LogP contribution in [-0.4, -0.2) is 46.5 Å². The zero-order chi connectivity index (χ0) is 23.8. The lowest BCUT2D eigenvalue weighted by Gasteiger charge is -2.36. The lowest BCUT2D eigenvalue weighted by molar-refractivity contribution is 0.0751. The van der Waals surface area contributed by atoms with Crippen LogP contribution in [0.25, 0.3) is 10.2 Å². The minimum absolute atomic E-state index is 0.0678. The van der Waals surface area contributed by atoms with Crippen LogP contribution in [0.5, 0.6) is 0 Å². The first-order valence-electron chi connectivity index (χ1n) is 10.9. The van der Waals surface area contributed by atoms with Crippen molar-refractivity contribution < 1.29 is 13.6 Å². The number of carbonyl (C=O) groups excluding carboxylic acids is 1. The largest absolute Gasteiger partial charge is 0.368 e. The van der Waals surface area contributed by atoms with Crippen LogP contribution in [0, 0.1) is 18.6 Å². The van der Waals surface area contributed by atoms with Crippen molar-refractivity contribution in [1.29, 1.82) is 0 Å². The molecular weight excluding hydrogens is 458 g/mol. The molecule has 0 radical (unpaired) electrons. The number of halogens is 2. The standard InChI is InChI=1S/C25H22F2N4O2S/c1-16-21-23(28-15-31(24(21)32)14-17-4-2-3-5-20(17)27)34-22(16)25(33)30-12-10-29(11-13-30)19-8-6-18(26)7-9-19/h2-9,15H,10-14H2,1H3. The van der Waals surface area contributed by atoms with E-state index in [1.165, 1.54) is 40.4 Å². The van der Waals surface area contributed by atoms with Crippen LogP contribution in [0.1, 0.15) is 20.8 Å². The van der Waals surface area contributed by atoms with Crippen LogP contribution in [0.2, 0.25) is 0 Å². The Balaban J connectivity index is 1.37. The van der Waals surface area contributed by atoms with Crippen molar-refractivity contribution in [3.63, 3.8) is 0 Å². The van der Waals surface area contributed by atoms with Gasteiger partial charge in [-0.1, -0.05) is 18.2 Å². The van der Waals surface area contributed by atoms with E-state index >= 15 is 0 Å². The molecule has 1 saturated heterocycles. The summed E-state index contributed by atoms with van der Waals surface area (Å²) in [6.45, 7) is 4.14. The van der Waals surface area contributed by atoms with Gasteiger partial charge in [-0.15, -0.1) is 11.3 Å². The second-order valence-corrected chi connectivity index (χ2v) is 9.26. The normalized spacial score (nSPS) is 14.1. The van der Waals surface area contributed by atoms with Gasteiger partial charge in [0.05, 0.1) is 23.1 Å². The number of rotatable bonds is 4. The Labute approximate surface area is 198 Å². The Morgan fingerprint density at radius 3 is 2.44 bits per heavy atom. The lowest BCUT2D eigenvalue weighted by Crippen LogP contribution is -2.48. The maximum atomic E-state index is 14.1. The summed E-state index contributed by atoms with van der Waals surface area (Å²) < 4.78 is 28.6. The molecule has 6 nitrogen and oxygen atoms in total. The SMILES string of the molecule is Cc1c(C(=O)N2CCN(c3ccc(F)cc3)CC2)sc2ncn(Cc3ccccc3F)c(=O)c12. The third-order valence-corrected chi connectivity index (χ3v) is 7.36. The molecule has 0 bridgehead atoms. The first-order valence-corrected chi connectivity index (χ1v) is 11.8. The second-order valence-electron chi connectivity index (χ2n) is 8.26. The molecule has 34 heavy (non-hydrogen) atoms. The van der Waals surface area contributed by atoms with Gasteiger partial charge in [-0.25, -0.2) is 13.8 Å². The fraction of sp³-hybridized carbons (Fsp3) is 0.240. The summed E-state index contributed by atoms with van der Waals surface area (Å²) in [7, 11) is 0. The molecule has 0 N–H and O–H groups in total. The molecule has 0 spiro atoms. The van der Waals surface area contributed by atoms with Gasteiger partial charge in [0, 0.05) is 37.4 Å². The molecule has 3 heterocycles. The van der Waals surface area contributed by atoms with Crippen molar-refractivity contribution in [2.45, 2.75) is 13.5 Å². The number of hydrogen-bond donors (Lipinski definition) is 0. The minimum Gasteiger partial charge on any atom is -0.368 e. The van der Waals surface area contributed by atoms with Gasteiger partial charge in [-0.2, -0.15) is 0 Å². The number of thiophene rings is 1. The summed E-state index contributed by atoms with van der Waals surface area (Å²) in [5.74, 6) is -0.786. The molecular formula is C25H22F2N4O2S. The van der Waals surface area contributed by atoms with Crippen molar-refractivity contribution in [3.8, 4) is 0 Å². The molecule has 1 fully saturated rings. The maximum Gasteiger partial charge on any atom is 0.264 e. The van der Waals surface area contributed by atoms with Crippen LogP contribution in [0.3, 0.4) is 0 Å². The fourth-order valence-corrected chi connectivity index (χ4v) is 5.36. The first kappa shape index (κ1) is 22.2. The van der Waals surface area contributed by atoms with Gasteiger partial charge >= 0.3 is 0 Å². The molecule has 174 valence electrons. The van der Waals surface area contributed by atoms with E-state index < -0.39 is 0 Å². The van der Waals surface area contributed by atoms with Crippen molar-refractivity contribution in [2.24, 2.45) is 0 Å². The molecule has 0 saturated carbocycles. The second kappa shape index (κ2) is 8.98. The highest BCUT2D eigenvalue weighted by molar-refractivity contribution is 7.20. The lowest BCUT2D eigenvalue weighted by atomic mass is 10.1. The van der Waals surface area contributed by atoms with E-state index in [1.807, 2.05) is 0 Å². The highest BCUT2D eigenvalue weighted by atomic mass is 32.1. The average molecular weight is 481 g/mol. The van der Waals surface area contributed by atoms with Crippen LogP contribution < -0.4 is 10.5 Å². The van der Waals surface area contributed by atoms with Gasteiger partial charge < -0.3 is 9.80 Å². The predicted molar refractivity (Wildman–Crippen MR) is 129 cm³/mol. The zero-order valence-electron chi connectivity index (χ0n) is 18.5. The Morgan fingerprint density at radius 1 is 1.03 bits per heavy atom. The number of carbonyl (C=O) groups is 1. The third-order valence-electron chi connectivity index (χ3n) is 6.17. The Bertz CT molecular complexity index is 1420. The van der Waals surface area contributed by atoms with Crippen molar-refractivity contribution in [1.82, 2.24) is 14.5 Å². The van der Waals surface area contributed by atoms with Crippen LogP contribution in [0.4, 0.5) is 14.5 Å². The molecule has 0 unspecified atom stereocenters. The van der Waals surface area contributed by atoms with Crippen molar-refractivity contribution in [2.75, 3.05) is 31.1 Å². The van der Waals surface area contributed by atoms with E-state index in [0.717, 1.165) is 5.69 Å². The molecule has 2 aromatic heterocycles. The number of amides is 1. The van der Waals surface area contributed by atoms with Crippen LogP contribution in [0.15, 0.2) is 59.7 Å².